The molecule has 0 aliphatic rings. The number of nitrogens with zero attached hydrogens (tertiary/aromatic N) is 2. The molecular formula is C13H21N3O5. The van der Waals surface area contributed by atoms with E-state index in [1.165, 1.54) is 12.0 Å². The van der Waals surface area contributed by atoms with Crippen molar-refractivity contribution in [3.63, 3.8) is 0 Å². The van der Waals surface area contributed by atoms with Crippen molar-refractivity contribution >= 4 is 17.8 Å². The predicted octanol–water partition coefficient (Wildman–Crippen LogP) is 0.769. The van der Waals surface area contributed by atoms with Crippen molar-refractivity contribution in [2.45, 2.75) is 19.8 Å². The average molecular weight is 299 g/mol. The number of carbonyl (C=O) groups excluding carboxylic acids is 1. The summed E-state index contributed by atoms with van der Waals surface area (Å²) in [7, 11) is 1.51. The van der Waals surface area contributed by atoms with E-state index >= 15 is 0 Å². The van der Waals surface area contributed by atoms with Crippen molar-refractivity contribution in [2.24, 2.45) is 0 Å². The first kappa shape index (κ1) is 17.1. The van der Waals surface area contributed by atoms with Gasteiger partial charge in [-0.25, -0.2) is 0 Å². The van der Waals surface area contributed by atoms with Gasteiger partial charge in [-0.3, -0.25) is 19.8 Å². The number of rotatable bonds is 9. The third-order valence-corrected chi connectivity index (χ3v) is 2.72. The van der Waals surface area contributed by atoms with Crippen molar-refractivity contribution in [3.8, 4) is 0 Å². The molecule has 1 heterocycles. The van der Waals surface area contributed by atoms with E-state index in [0.29, 0.717) is 13.2 Å². The van der Waals surface area contributed by atoms with Gasteiger partial charge in [0.15, 0.2) is 0 Å². The Balaban J connectivity index is 2.53. The van der Waals surface area contributed by atoms with Crippen LogP contribution in [-0.2, 0) is 14.3 Å². The zero-order valence-corrected chi connectivity index (χ0v) is 12.5. The number of aliphatic carboxylic acids is 1. The van der Waals surface area contributed by atoms with Crippen molar-refractivity contribution in [3.05, 3.63) is 11.8 Å². The van der Waals surface area contributed by atoms with Gasteiger partial charge in [0.05, 0.1) is 25.4 Å². The normalized spacial score (nSPS) is 11.1. The van der Waals surface area contributed by atoms with Crippen LogP contribution in [0.2, 0.25) is 0 Å². The van der Waals surface area contributed by atoms with Gasteiger partial charge in [-0.05, 0) is 5.92 Å². The molecule has 0 aliphatic heterocycles. The summed E-state index contributed by atoms with van der Waals surface area (Å²) in [5, 5.41) is 15.2. The maximum absolute atomic E-state index is 11.9. The zero-order valence-electron chi connectivity index (χ0n) is 12.5. The molecule has 0 aliphatic carbocycles. The zero-order chi connectivity index (χ0) is 15.8. The minimum Gasteiger partial charge on any atom is -0.480 e. The van der Waals surface area contributed by atoms with Crippen LogP contribution in [0.3, 0.4) is 0 Å². The lowest BCUT2D eigenvalue weighted by molar-refractivity contribution is -0.138. The SMILES string of the molecule is COCCN(CC(=O)O)CC(=O)Nc1cc(C(C)C)no1. The average Bonchev–Trinajstić information content (AvgIpc) is 2.83. The summed E-state index contributed by atoms with van der Waals surface area (Å²) in [6.45, 7) is 4.33. The van der Waals surface area contributed by atoms with Crippen LogP contribution in [0.15, 0.2) is 10.6 Å². The minimum atomic E-state index is -0.999. The Labute approximate surface area is 123 Å². The molecule has 0 unspecified atom stereocenters. The van der Waals surface area contributed by atoms with E-state index in [0.717, 1.165) is 5.69 Å². The van der Waals surface area contributed by atoms with Crippen molar-refractivity contribution in [1.82, 2.24) is 10.1 Å². The van der Waals surface area contributed by atoms with Crippen LogP contribution >= 0.6 is 0 Å². The fourth-order valence-electron chi connectivity index (χ4n) is 1.63. The number of ether oxygens (including phenoxy) is 1. The summed E-state index contributed by atoms with van der Waals surface area (Å²) in [6.07, 6.45) is 0. The van der Waals surface area contributed by atoms with Gasteiger partial charge in [0.25, 0.3) is 0 Å². The summed E-state index contributed by atoms with van der Waals surface area (Å²) in [5.41, 5.74) is 0.743. The van der Waals surface area contributed by atoms with E-state index in [2.05, 4.69) is 10.5 Å². The molecule has 0 bridgehead atoms. The van der Waals surface area contributed by atoms with Gasteiger partial charge < -0.3 is 14.4 Å². The van der Waals surface area contributed by atoms with Crippen LogP contribution in [-0.4, -0.2) is 60.4 Å². The van der Waals surface area contributed by atoms with Gasteiger partial charge >= 0.3 is 5.97 Å². The molecule has 0 atom stereocenters. The molecule has 0 radical (unpaired) electrons. The number of hydrogen-bond acceptors (Lipinski definition) is 6. The first-order valence-electron chi connectivity index (χ1n) is 6.62. The topological polar surface area (TPSA) is 105 Å². The highest BCUT2D eigenvalue weighted by molar-refractivity contribution is 5.91. The Bertz CT molecular complexity index is 472. The standard InChI is InChI=1S/C13H21N3O5/c1-9(2)10-6-12(21-15-10)14-11(17)7-16(4-5-20-3)8-13(18)19/h6,9H,4-5,7-8H2,1-3H3,(H,14,17)(H,18,19). The minimum absolute atomic E-state index is 0.0621. The first-order chi connectivity index (χ1) is 9.92. The van der Waals surface area contributed by atoms with Crippen LogP contribution < -0.4 is 5.32 Å². The van der Waals surface area contributed by atoms with E-state index < -0.39 is 5.97 Å². The van der Waals surface area contributed by atoms with Crippen LogP contribution in [0, 0.1) is 0 Å². The molecular weight excluding hydrogens is 278 g/mol. The summed E-state index contributed by atoms with van der Waals surface area (Å²) >= 11 is 0. The van der Waals surface area contributed by atoms with E-state index in [-0.39, 0.29) is 30.8 Å². The van der Waals surface area contributed by atoms with Gasteiger partial charge in [-0.1, -0.05) is 19.0 Å². The van der Waals surface area contributed by atoms with E-state index in [1.54, 1.807) is 6.07 Å². The highest BCUT2D eigenvalue weighted by atomic mass is 16.5. The molecule has 0 aromatic carbocycles. The number of carbonyl (C=O) groups is 2. The summed E-state index contributed by atoms with van der Waals surface area (Å²) in [5.74, 6) is -0.908. The molecule has 1 aromatic heterocycles. The van der Waals surface area contributed by atoms with Crippen LogP contribution in [0.5, 0.6) is 0 Å². The number of methoxy groups -OCH3 is 1. The molecule has 0 fully saturated rings. The largest absolute Gasteiger partial charge is 0.480 e. The second-order valence-corrected chi connectivity index (χ2v) is 4.92. The molecule has 0 saturated heterocycles. The Morgan fingerprint density at radius 2 is 2.19 bits per heavy atom. The molecule has 8 heteroatoms. The molecule has 8 nitrogen and oxygen atoms in total. The van der Waals surface area contributed by atoms with E-state index in [1.807, 2.05) is 13.8 Å². The molecule has 1 amide bonds. The Morgan fingerprint density at radius 3 is 2.71 bits per heavy atom. The number of hydrogen-bond donors (Lipinski definition) is 2. The van der Waals surface area contributed by atoms with Crippen molar-refractivity contribution in [1.29, 1.82) is 0 Å². The smallest absolute Gasteiger partial charge is 0.317 e. The maximum atomic E-state index is 11.9. The summed E-state index contributed by atoms with van der Waals surface area (Å²) < 4.78 is 9.89. The third-order valence-electron chi connectivity index (χ3n) is 2.72. The molecule has 0 spiro atoms. The fraction of sp³-hybridized carbons (Fsp3) is 0.615. The highest BCUT2D eigenvalue weighted by Crippen LogP contribution is 2.17. The van der Waals surface area contributed by atoms with E-state index in [9.17, 15) is 9.59 Å². The van der Waals surface area contributed by atoms with Crippen LogP contribution in [0.25, 0.3) is 0 Å². The number of carboxylic acid groups (broad SMARTS) is 1. The molecule has 2 N–H and O–H groups in total. The summed E-state index contributed by atoms with van der Waals surface area (Å²) in [4.78, 5) is 24.1. The Kier molecular flexibility index (Phi) is 6.83. The Hall–Kier alpha value is -1.93. The molecule has 118 valence electrons. The second kappa shape index (κ2) is 8.38. The van der Waals surface area contributed by atoms with Crippen molar-refractivity contribution < 1.29 is 24.0 Å². The lowest BCUT2D eigenvalue weighted by Gasteiger charge is -2.18. The lowest BCUT2D eigenvalue weighted by atomic mass is 10.1. The number of carboxylic acids is 1. The molecule has 0 saturated carbocycles. The monoisotopic (exact) mass is 299 g/mol. The summed E-state index contributed by atoms with van der Waals surface area (Å²) in [6, 6.07) is 1.65. The number of nitrogens with one attached hydrogen (secondary N) is 1. The van der Waals surface area contributed by atoms with Crippen LogP contribution in [0.1, 0.15) is 25.5 Å². The molecule has 21 heavy (non-hydrogen) atoms. The maximum Gasteiger partial charge on any atom is 0.317 e. The van der Waals surface area contributed by atoms with Gasteiger partial charge in [0.1, 0.15) is 0 Å². The number of amides is 1. The fourth-order valence-corrected chi connectivity index (χ4v) is 1.63. The first-order valence-corrected chi connectivity index (χ1v) is 6.62. The van der Waals surface area contributed by atoms with Gasteiger partial charge in [0, 0.05) is 19.7 Å². The number of anilines is 1. The third kappa shape index (κ3) is 6.37. The second-order valence-electron chi connectivity index (χ2n) is 4.92. The van der Waals surface area contributed by atoms with E-state index in [4.69, 9.17) is 14.4 Å². The van der Waals surface area contributed by atoms with Crippen LogP contribution in [0.4, 0.5) is 5.88 Å². The van der Waals surface area contributed by atoms with Gasteiger partial charge in [-0.15, -0.1) is 0 Å². The van der Waals surface area contributed by atoms with Gasteiger partial charge in [0.2, 0.25) is 11.8 Å². The van der Waals surface area contributed by atoms with Crippen molar-refractivity contribution in [2.75, 3.05) is 38.7 Å². The molecule has 1 rings (SSSR count). The Morgan fingerprint density at radius 1 is 1.48 bits per heavy atom. The highest BCUT2D eigenvalue weighted by Gasteiger charge is 2.16. The molecule has 1 aromatic rings. The predicted molar refractivity (Wildman–Crippen MR) is 75.2 cm³/mol. The lowest BCUT2D eigenvalue weighted by Crippen LogP contribution is -2.38. The van der Waals surface area contributed by atoms with Gasteiger partial charge in [-0.2, -0.15) is 0 Å². The quantitative estimate of drug-likeness (QED) is 0.693. The number of aromatic nitrogens is 1.